The number of carbonyl (C=O) groups excluding carboxylic acids is 1. The van der Waals surface area contributed by atoms with Crippen LogP contribution >= 0.6 is 0 Å². The number of rotatable bonds is 6. The molecule has 0 aliphatic carbocycles. The summed E-state index contributed by atoms with van der Waals surface area (Å²) in [4.78, 5) is 11.5. The summed E-state index contributed by atoms with van der Waals surface area (Å²) in [6.07, 6.45) is 0.847. The molecular weight excluding hydrogens is 230 g/mol. The Balaban J connectivity index is 2.66. The number of ether oxygens (including phenoxy) is 1. The van der Waals surface area contributed by atoms with Gasteiger partial charge in [-0.05, 0) is 37.5 Å². The van der Waals surface area contributed by atoms with Gasteiger partial charge in [-0.1, -0.05) is 6.07 Å². The smallest absolute Gasteiger partial charge is 0.220 e. The molecule has 0 bridgehead atoms. The topological polar surface area (TPSA) is 58.6 Å². The molecule has 0 saturated heterocycles. The summed E-state index contributed by atoms with van der Waals surface area (Å²) in [6, 6.07) is 4.00. The van der Waals surface area contributed by atoms with Gasteiger partial charge in [0.05, 0.1) is 7.11 Å². The Morgan fingerprint density at radius 2 is 2.00 bits per heavy atom. The summed E-state index contributed by atoms with van der Waals surface area (Å²) >= 11 is 0. The monoisotopic (exact) mass is 251 g/mol. The van der Waals surface area contributed by atoms with Gasteiger partial charge in [-0.25, -0.2) is 0 Å². The van der Waals surface area contributed by atoms with E-state index in [1.807, 2.05) is 26.0 Å². The lowest BCUT2D eigenvalue weighted by Gasteiger charge is -2.12. The number of aliphatic hydroxyl groups excluding tert-OH is 1. The predicted octanol–water partition coefficient (Wildman–Crippen LogP) is 1.70. The van der Waals surface area contributed by atoms with Crippen molar-refractivity contribution in [2.24, 2.45) is 0 Å². The second-order valence-corrected chi connectivity index (χ2v) is 4.35. The molecule has 2 N–H and O–H groups in total. The highest BCUT2D eigenvalue weighted by atomic mass is 16.5. The fourth-order valence-corrected chi connectivity index (χ4v) is 1.70. The molecule has 1 aromatic rings. The number of benzene rings is 1. The summed E-state index contributed by atoms with van der Waals surface area (Å²) in [6.45, 7) is 4.56. The number of methoxy groups -OCH3 is 1. The Bertz CT molecular complexity index is 416. The fraction of sp³-hybridized carbons (Fsp3) is 0.500. The standard InChI is InChI=1S/C14H21NO3/c1-10-7-12(13(18-3)8-11(10)2)9-15-14(17)5-4-6-16/h7-8,16H,4-6,9H2,1-3H3,(H,15,17). The highest BCUT2D eigenvalue weighted by Crippen LogP contribution is 2.22. The third kappa shape index (κ3) is 4.04. The predicted molar refractivity (Wildman–Crippen MR) is 70.6 cm³/mol. The number of hydrogen-bond acceptors (Lipinski definition) is 3. The number of hydrogen-bond donors (Lipinski definition) is 2. The van der Waals surface area contributed by atoms with E-state index in [0.717, 1.165) is 11.3 Å². The zero-order valence-corrected chi connectivity index (χ0v) is 11.2. The van der Waals surface area contributed by atoms with Crippen molar-refractivity contribution in [1.82, 2.24) is 5.32 Å². The van der Waals surface area contributed by atoms with Crippen LogP contribution in [0.3, 0.4) is 0 Å². The molecule has 4 nitrogen and oxygen atoms in total. The number of aryl methyl sites for hydroxylation is 2. The van der Waals surface area contributed by atoms with Gasteiger partial charge >= 0.3 is 0 Å². The first kappa shape index (κ1) is 14.5. The molecule has 100 valence electrons. The van der Waals surface area contributed by atoms with Gasteiger partial charge in [0.1, 0.15) is 5.75 Å². The first-order valence-corrected chi connectivity index (χ1v) is 6.10. The summed E-state index contributed by atoms with van der Waals surface area (Å²) in [7, 11) is 1.63. The molecule has 0 fully saturated rings. The van der Waals surface area contributed by atoms with Crippen LogP contribution in [0.25, 0.3) is 0 Å². The van der Waals surface area contributed by atoms with Gasteiger partial charge in [0, 0.05) is 25.1 Å². The number of carbonyl (C=O) groups is 1. The van der Waals surface area contributed by atoms with Crippen molar-refractivity contribution in [3.63, 3.8) is 0 Å². The number of aliphatic hydroxyl groups is 1. The van der Waals surface area contributed by atoms with Gasteiger partial charge in [0.15, 0.2) is 0 Å². The van der Waals surface area contributed by atoms with E-state index in [2.05, 4.69) is 5.32 Å². The van der Waals surface area contributed by atoms with Gasteiger partial charge < -0.3 is 15.2 Å². The largest absolute Gasteiger partial charge is 0.496 e. The molecule has 0 aliphatic heterocycles. The van der Waals surface area contributed by atoms with Crippen molar-refractivity contribution in [1.29, 1.82) is 0 Å². The first-order chi connectivity index (χ1) is 8.58. The van der Waals surface area contributed by atoms with Gasteiger partial charge in [0.2, 0.25) is 5.91 Å². The molecular formula is C14H21NO3. The van der Waals surface area contributed by atoms with Gasteiger partial charge in [-0.2, -0.15) is 0 Å². The van der Waals surface area contributed by atoms with Crippen molar-refractivity contribution >= 4 is 5.91 Å². The fourth-order valence-electron chi connectivity index (χ4n) is 1.70. The van der Waals surface area contributed by atoms with Crippen LogP contribution in [0.2, 0.25) is 0 Å². The van der Waals surface area contributed by atoms with Crippen molar-refractivity contribution in [3.05, 3.63) is 28.8 Å². The van der Waals surface area contributed by atoms with E-state index >= 15 is 0 Å². The molecule has 18 heavy (non-hydrogen) atoms. The van der Waals surface area contributed by atoms with Gasteiger partial charge in [-0.15, -0.1) is 0 Å². The quantitative estimate of drug-likeness (QED) is 0.809. The summed E-state index contributed by atoms with van der Waals surface area (Å²) in [5, 5.41) is 11.5. The Hall–Kier alpha value is -1.55. The average molecular weight is 251 g/mol. The van der Waals surface area contributed by atoms with E-state index in [9.17, 15) is 4.79 Å². The van der Waals surface area contributed by atoms with Crippen LogP contribution in [0.4, 0.5) is 0 Å². The first-order valence-electron chi connectivity index (χ1n) is 6.10. The van der Waals surface area contributed by atoms with Crippen LogP contribution in [0, 0.1) is 13.8 Å². The van der Waals surface area contributed by atoms with Crippen LogP contribution in [-0.4, -0.2) is 24.7 Å². The van der Waals surface area contributed by atoms with E-state index in [1.54, 1.807) is 7.11 Å². The molecule has 1 aromatic carbocycles. The zero-order chi connectivity index (χ0) is 13.5. The molecule has 0 radical (unpaired) electrons. The van der Waals surface area contributed by atoms with Crippen molar-refractivity contribution in [2.45, 2.75) is 33.2 Å². The third-order valence-electron chi connectivity index (χ3n) is 2.93. The Labute approximate surface area is 108 Å². The molecule has 0 heterocycles. The maximum atomic E-state index is 11.5. The van der Waals surface area contributed by atoms with Gasteiger partial charge in [0.25, 0.3) is 0 Å². The maximum absolute atomic E-state index is 11.5. The average Bonchev–Trinajstić information content (AvgIpc) is 2.37. The molecule has 0 unspecified atom stereocenters. The van der Waals surface area contributed by atoms with Crippen LogP contribution in [0.1, 0.15) is 29.5 Å². The highest BCUT2D eigenvalue weighted by molar-refractivity contribution is 5.75. The highest BCUT2D eigenvalue weighted by Gasteiger charge is 2.07. The maximum Gasteiger partial charge on any atom is 0.220 e. The van der Waals surface area contributed by atoms with Gasteiger partial charge in [-0.3, -0.25) is 4.79 Å². The molecule has 0 atom stereocenters. The lowest BCUT2D eigenvalue weighted by atomic mass is 10.0. The molecule has 0 saturated carbocycles. The second-order valence-electron chi connectivity index (χ2n) is 4.35. The van der Waals surface area contributed by atoms with Crippen molar-refractivity contribution in [3.8, 4) is 5.75 Å². The minimum atomic E-state index is -0.0515. The lowest BCUT2D eigenvalue weighted by Crippen LogP contribution is -2.23. The molecule has 1 rings (SSSR count). The minimum absolute atomic E-state index is 0.0420. The van der Waals surface area contributed by atoms with Crippen LogP contribution < -0.4 is 10.1 Å². The molecule has 0 aliphatic rings. The van der Waals surface area contributed by atoms with E-state index in [4.69, 9.17) is 9.84 Å². The van der Waals surface area contributed by atoms with E-state index in [-0.39, 0.29) is 12.5 Å². The van der Waals surface area contributed by atoms with Crippen LogP contribution in [0.5, 0.6) is 5.75 Å². The van der Waals surface area contributed by atoms with Crippen molar-refractivity contribution < 1.29 is 14.6 Å². The summed E-state index contributed by atoms with van der Waals surface area (Å²) in [5.41, 5.74) is 3.32. The Morgan fingerprint density at radius 1 is 1.33 bits per heavy atom. The zero-order valence-electron chi connectivity index (χ0n) is 11.2. The third-order valence-corrected chi connectivity index (χ3v) is 2.93. The number of nitrogens with one attached hydrogen (secondary N) is 1. The minimum Gasteiger partial charge on any atom is -0.496 e. The number of amides is 1. The molecule has 0 spiro atoms. The molecule has 0 aromatic heterocycles. The van der Waals surface area contributed by atoms with E-state index in [1.165, 1.54) is 11.1 Å². The van der Waals surface area contributed by atoms with Crippen LogP contribution in [-0.2, 0) is 11.3 Å². The van der Waals surface area contributed by atoms with Crippen LogP contribution in [0.15, 0.2) is 12.1 Å². The van der Waals surface area contributed by atoms with Crippen molar-refractivity contribution in [2.75, 3.05) is 13.7 Å². The normalized spacial score (nSPS) is 10.2. The molecule has 4 heteroatoms. The summed E-state index contributed by atoms with van der Waals surface area (Å²) in [5.74, 6) is 0.741. The SMILES string of the molecule is COc1cc(C)c(C)cc1CNC(=O)CCCO. The lowest BCUT2D eigenvalue weighted by molar-refractivity contribution is -0.121. The Kier molecular flexibility index (Phi) is 5.65. The Morgan fingerprint density at radius 3 is 2.61 bits per heavy atom. The molecule has 1 amide bonds. The van der Waals surface area contributed by atoms with E-state index < -0.39 is 0 Å². The summed E-state index contributed by atoms with van der Waals surface area (Å²) < 4.78 is 5.30. The second kappa shape index (κ2) is 7.01. The van der Waals surface area contributed by atoms with E-state index in [0.29, 0.717) is 19.4 Å².